The van der Waals surface area contributed by atoms with Crippen molar-refractivity contribution < 1.29 is 18.7 Å². The van der Waals surface area contributed by atoms with Crippen LogP contribution in [0.3, 0.4) is 0 Å². The molecule has 0 fully saturated rings. The van der Waals surface area contributed by atoms with Gasteiger partial charge < -0.3 is 19.2 Å². The van der Waals surface area contributed by atoms with E-state index in [0.717, 1.165) is 44.5 Å². The molecule has 0 aliphatic carbocycles. The number of carbonyl (C=O) groups is 1. The lowest BCUT2D eigenvalue weighted by molar-refractivity contribution is -0.111. The number of allylic oxidation sites excluding steroid dienone is 1. The van der Waals surface area contributed by atoms with E-state index in [1.54, 1.807) is 24.6 Å². The number of anilines is 1. The van der Waals surface area contributed by atoms with Gasteiger partial charge in [0.1, 0.15) is 17.1 Å². The Labute approximate surface area is 209 Å². The van der Waals surface area contributed by atoms with Gasteiger partial charge in [-0.05, 0) is 69.2 Å². The van der Waals surface area contributed by atoms with Gasteiger partial charge in [-0.3, -0.25) is 4.79 Å². The molecule has 4 rings (SSSR count). The maximum Gasteiger partial charge on any atom is 0.248 e. The molecule has 0 bridgehead atoms. The molecule has 2 heterocycles. The maximum absolute atomic E-state index is 12.7. The van der Waals surface area contributed by atoms with Crippen molar-refractivity contribution in [2.24, 2.45) is 0 Å². The first-order chi connectivity index (χ1) is 16.9. The predicted octanol–water partition coefficient (Wildman–Crippen LogP) is 7.30. The monoisotopic (exact) mass is 490 g/mol. The number of rotatable bonds is 8. The number of furan rings is 1. The highest BCUT2D eigenvalue weighted by Crippen LogP contribution is 2.41. The number of halogens is 1. The second-order valence-corrected chi connectivity index (χ2v) is 8.31. The third kappa shape index (κ3) is 5.17. The van der Waals surface area contributed by atoms with Crippen molar-refractivity contribution in [2.45, 2.75) is 27.7 Å². The van der Waals surface area contributed by atoms with Crippen LogP contribution in [0.25, 0.3) is 27.7 Å². The number of nitrogens with zero attached hydrogens (tertiary/aromatic N) is 1. The van der Waals surface area contributed by atoms with E-state index in [1.807, 2.05) is 58.0 Å². The number of benzene rings is 2. The zero-order valence-electron chi connectivity index (χ0n) is 20.1. The number of carbonyl (C=O) groups excluding carboxylic acids is 1. The molecule has 0 unspecified atom stereocenters. The molecule has 0 aliphatic rings. The first-order valence-corrected chi connectivity index (χ1v) is 11.8. The number of hydrogen-bond donors (Lipinski definition) is 1. The van der Waals surface area contributed by atoms with Crippen LogP contribution in [0.1, 0.15) is 31.9 Å². The van der Waals surface area contributed by atoms with Crippen molar-refractivity contribution in [1.29, 1.82) is 0 Å². The van der Waals surface area contributed by atoms with E-state index in [9.17, 15) is 4.79 Å². The van der Waals surface area contributed by atoms with Gasteiger partial charge in [0.25, 0.3) is 0 Å². The van der Waals surface area contributed by atoms with Gasteiger partial charge in [-0.2, -0.15) is 0 Å². The Hall–Kier alpha value is -3.77. The molecular formula is C28H27ClN2O4. The molecule has 6 nitrogen and oxygen atoms in total. The van der Waals surface area contributed by atoms with Gasteiger partial charge in [0, 0.05) is 34.3 Å². The summed E-state index contributed by atoms with van der Waals surface area (Å²) in [7, 11) is 0. The minimum Gasteiger partial charge on any atom is -0.494 e. The quantitative estimate of drug-likeness (QED) is 0.207. The molecule has 0 atom stereocenters. The maximum atomic E-state index is 12.7. The van der Waals surface area contributed by atoms with Gasteiger partial charge in [0.2, 0.25) is 5.91 Å². The fraction of sp³-hybridized carbons (Fsp3) is 0.214. The number of amides is 1. The van der Waals surface area contributed by atoms with Crippen LogP contribution in [0.15, 0.2) is 65.4 Å². The number of nitrogens with one attached hydrogen (secondary N) is 1. The summed E-state index contributed by atoms with van der Waals surface area (Å²) in [5.41, 5.74) is 5.60. The molecule has 2 aromatic heterocycles. The van der Waals surface area contributed by atoms with Crippen molar-refractivity contribution >= 4 is 39.7 Å². The highest BCUT2D eigenvalue weighted by atomic mass is 35.5. The van der Waals surface area contributed by atoms with Crippen molar-refractivity contribution in [2.75, 3.05) is 18.5 Å². The summed E-state index contributed by atoms with van der Waals surface area (Å²) in [5, 5.41) is 3.95. The predicted molar refractivity (Wildman–Crippen MR) is 140 cm³/mol. The Morgan fingerprint density at radius 3 is 2.57 bits per heavy atom. The number of fused-ring (bicyclic) bond motifs is 1. The van der Waals surface area contributed by atoms with Gasteiger partial charge in [0.15, 0.2) is 5.15 Å². The number of ether oxygens (including phenoxy) is 2. The fourth-order valence-electron chi connectivity index (χ4n) is 3.98. The van der Waals surface area contributed by atoms with Gasteiger partial charge in [0.05, 0.1) is 25.2 Å². The SMILES string of the molecule is CCOc1ccc(-c2coc3c(C)c(OCC)c(/C(C)=C/C(=O)Nc4cccnc4Cl)cc23)cc1. The van der Waals surface area contributed by atoms with Crippen molar-refractivity contribution in [3.63, 3.8) is 0 Å². The number of aryl methyl sites for hydroxylation is 1. The molecule has 0 aliphatic heterocycles. The number of aromatic nitrogens is 1. The molecule has 0 saturated carbocycles. The van der Waals surface area contributed by atoms with E-state index >= 15 is 0 Å². The molecule has 0 spiro atoms. The van der Waals surface area contributed by atoms with E-state index in [4.69, 9.17) is 25.5 Å². The summed E-state index contributed by atoms with van der Waals surface area (Å²) in [6.07, 6.45) is 4.85. The Morgan fingerprint density at radius 2 is 1.89 bits per heavy atom. The van der Waals surface area contributed by atoms with E-state index < -0.39 is 0 Å². The second-order valence-electron chi connectivity index (χ2n) is 7.95. The first kappa shape index (κ1) is 24.4. The van der Waals surface area contributed by atoms with Crippen LogP contribution >= 0.6 is 11.6 Å². The molecular weight excluding hydrogens is 464 g/mol. The summed E-state index contributed by atoms with van der Waals surface area (Å²) < 4.78 is 17.5. The molecule has 4 aromatic rings. The fourth-order valence-corrected chi connectivity index (χ4v) is 4.15. The summed E-state index contributed by atoms with van der Waals surface area (Å²) in [6, 6.07) is 13.3. The van der Waals surface area contributed by atoms with Crippen molar-refractivity contribution in [1.82, 2.24) is 4.98 Å². The Kier molecular flexibility index (Phi) is 7.42. The molecule has 0 saturated heterocycles. The van der Waals surface area contributed by atoms with Crippen LogP contribution in [0.2, 0.25) is 5.15 Å². The van der Waals surface area contributed by atoms with Crippen LogP contribution in [0.5, 0.6) is 11.5 Å². The third-order valence-corrected chi connectivity index (χ3v) is 5.90. The highest BCUT2D eigenvalue weighted by molar-refractivity contribution is 6.32. The van der Waals surface area contributed by atoms with Crippen LogP contribution < -0.4 is 14.8 Å². The third-order valence-electron chi connectivity index (χ3n) is 5.60. The van der Waals surface area contributed by atoms with Crippen molar-refractivity contribution in [3.8, 4) is 22.6 Å². The summed E-state index contributed by atoms with van der Waals surface area (Å²) in [4.78, 5) is 16.7. The molecule has 1 amide bonds. The lowest BCUT2D eigenvalue weighted by Crippen LogP contribution is -2.09. The Bertz CT molecular complexity index is 1390. The summed E-state index contributed by atoms with van der Waals surface area (Å²) in [6.45, 7) is 8.82. The van der Waals surface area contributed by atoms with Gasteiger partial charge in [-0.25, -0.2) is 4.98 Å². The van der Waals surface area contributed by atoms with Crippen LogP contribution in [0.4, 0.5) is 5.69 Å². The summed E-state index contributed by atoms with van der Waals surface area (Å²) >= 11 is 6.08. The van der Waals surface area contributed by atoms with E-state index in [0.29, 0.717) is 24.7 Å². The Balaban J connectivity index is 1.76. The van der Waals surface area contributed by atoms with E-state index in [-0.39, 0.29) is 11.1 Å². The van der Waals surface area contributed by atoms with Crippen LogP contribution in [-0.2, 0) is 4.79 Å². The zero-order valence-corrected chi connectivity index (χ0v) is 20.9. The average Bonchev–Trinajstić information content (AvgIpc) is 3.27. The van der Waals surface area contributed by atoms with E-state index in [2.05, 4.69) is 10.3 Å². The highest BCUT2D eigenvalue weighted by Gasteiger charge is 2.19. The zero-order chi connectivity index (χ0) is 24.9. The second kappa shape index (κ2) is 10.7. The lowest BCUT2D eigenvalue weighted by Gasteiger charge is -2.15. The van der Waals surface area contributed by atoms with E-state index in [1.165, 1.54) is 6.08 Å². The lowest BCUT2D eigenvalue weighted by atomic mass is 9.96. The van der Waals surface area contributed by atoms with Gasteiger partial charge >= 0.3 is 0 Å². The Morgan fingerprint density at radius 1 is 1.14 bits per heavy atom. The normalized spacial score (nSPS) is 11.5. The van der Waals surface area contributed by atoms with Crippen LogP contribution in [-0.4, -0.2) is 24.1 Å². The molecule has 7 heteroatoms. The number of pyridine rings is 1. The van der Waals surface area contributed by atoms with Gasteiger partial charge in [-0.15, -0.1) is 0 Å². The summed E-state index contributed by atoms with van der Waals surface area (Å²) in [5.74, 6) is 1.20. The standard InChI is InChI=1S/C28H27ClN2O4/c1-5-33-20-11-9-19(10-12-20)23-16-35-27-18(4)26(34-6-2)21(15-22(23)27)17(3)14-25(32)31-24-8-7-13-30-28(24)29/h7-16H,5-6H2,1-4H3,(H,31,32)/b17-14+. The van der Waals surface area contributed by atoms with Gasteiger partial charge in [-0.1, -0.05) is 23.7 Å². The smallest absolute Gasteiger partial charge is 0.248 e. The minimum atomic E-state index is -0.309. The topological polar surface area (TPSA) is 73.6 Å². The average molecular weight is 491 g/mol. The molecule has 35 heavy (non-hydrogen) atoms. The molecule has 2 aromatic carbocycles. The van der Waals surface area contributed by atoms with Crippen LogP contribution in [0, 0.1) is 6.92 Å². The molecule has 1 N–H and O–H groups in total. The minimum absolute atomic E-state index is 0.234. The largest absolute Gasteiger partial charge is 0.494 e. The molecule has 180 valence electrons. The number of hydrogen-bond acceptors (Lipinski definition) is 5. The molecule has 0 radical (unpaired) electrons. The van der Waals surface area contributed by atoms with Crippen molar-refractivity contribution in [3.05, 3.63) is 77.3 Å². The first-order valence-electron chi connectivity index (χ1n) is 11.4.